The first-order chi connectivity index (χ1) is 18.6. The van der Waals surface area contributed by atoms with Gasteiger partial charge in [0.1, 0.15) is 48.4 Å². The summed E-state index contributed by atoms with van der Waals surface area (Å²) in [6.45, 7) is 3.02. The molecule has 0 unspecified atom stereocenters. The van der Waals surface area contributed by atoms with E-state index >= 15 is 0 Å². The van der Waals surface area contributed by atoms with Crippen molar-refractivity contribution >= 4 is 5.69 Å². The van der Waals surface area contributed by atoms with Gasteiger partial charge >= 0.3 is 0 Å². The highest BCUT2D eigenvalue weighted by atomic mass is 16.5. The first kappa shape index (κ1) is 27.4. The molecule has 0 heterocycles. The monoisotopic (exact) mass is 507 g/mol. The summed E-state index contributed by atoms with van der Waals surface area (Å²) in [4.78, 5) is 0. The van der Waals surface area contributed by atoms with Crippen molar-refractivity contribution in [2.75, 3.05) is 18.9 Å². The Morgan fingerprint density at radius 2 is 1.08 bits per heavy atom. The zero-order valence-electron chi connectivity index (χ0n) is 21.2. The van der Waals surface area contributed by atoms with E-state index in [9.17, 15) is 0 Å². The molecule has 0 aliphatic rings. The van der Waals surface area contributed by atoms with Gasteiger partial charge in [0.2, 0.25) is 0 Å². The second-order valence-electron chi connectivity index (χ2n) is 8.07. The molecule has 0 saturated carbocycles. The van der Waals surface area contributed by atoms with E-state index in [-0.39, 0.29) is 13.2 Å². The quantitative estimate of drug-likeness (QED) is 0.253. The molecule has 0 bridgehead atoms. The van der Waals surface area contributed by atoms with Gasteiger partial charge in [-0.3, -0.25) is 0 Å². The highest BCUT2D eigenvalue weighted by Gasteiger charge is 2.04. The molecule has 0 atom stereocenters. The Kier molecular flexibility index (Phi) is 10.9. The Morgan fingerprint density at radius 1 is 0.605 bits per heavy atom. The van der Waals surface area contributed by atoms with E-state index in [1.54, 1.807) is 18.2 Å². The van der Waals surface area contributed by atoms with Gasteiger partial charge < -0.3 is 24.7 Å². The van der Waals surface area contributed by atoms with Crippen molar-refractivity contribution in [1.82, 2.24) is 0 Å². The van der Waals surface area contributed by atoms with Crippen LogP contribution in [0.1, 0.15) is 16.7 Å². The molecule has 0 aliphatic carbocycles. The fraction of sp³-hybridized carbons (Fsp3) is 0.161. The Hall–Kier alpha value is -5.14. The van der Waals surface area contributed by atoms with Crippen LogP contribution in [0.4, 0.5) is 5.69 Å². The topological polar surface area (TPSA) is 111 Å². The fourth-order valence-electron chi connectivity index (χ4n) is 3.32. The van der Waals surface area contributed by atoms with E-state index in [2.05, 4.69) is 0 Å². The van der Waals surface area contributed by atoms with Crippen LogP contribution in [-0.2, 0) is 13.2 Å². The number of nitrogen functional groups attached to an aromatic ring is 1. The van der Waals surface area contributed by atoms with Gasteiger partial charge in [0.15, 0.2) is 13.2 Å². The zero-order chi connectivity index (χ0) is 27.0. The van der Waals surface area contributed by atoms with E-state index in [1.165, 1.54) is 0 Å². The summed E-state index contributed by atoms with van der Waals surface area (Å²) < 4.78 is 21.8. The van der Waals surface area contributed by atoms with Gasteiger partial charge in [0.05, 0.1) is 5.69 Å². The van der Waals surface area contributed by atoms with E-state index in [0.29, 0.717) is 36.1 Å². The molecule has 0 amide bonds. The number of anilines is 1. The van der Waals surface area contributed by atoms with Crippen LogP contribution in [0.5, 0.6) is 23.0 Å². The van der Waals surface area contributed by atoms with Crippen molar-refractivity contribution in [3.63, 3.8) is 0 Å². The largest absolute Gasteiger partial charge is 0.489 e. The zero-order valence-corrected chi connectivity index (χ0v) is 21.2. The predicted octanol–water partition coefficient (Wildman–Crippen LogP) is 6.23. The molecule has 2 N–H and O–H groups in total. The first-order valence-corrected chi connectivity index (χ1v) is 11.9. The molecule has 0 spiro atoms. The number of benzene rings is 4. The SMILES string of the molecule is Cc1cc(OCC#N)ccc1OCc1ccccc1.N#CCOc1ccc(OCc2ccccc2)c(N)c1. The number of hydrogen-bond acceptors (Lipinski definition) is 7. The minimum absolute atomic E-state index is 0.00363. The summed E-state index contributed by atoms with van der Waals surface area (Å²) in [5.41, 5.74) is 9.56. The second-order valence-corrected chi connectivity index (χ2v) is 8.07. The molecule has 7 nitrogen and oxygen atoms in total. The number of hydrogen-bond donors (Lipinski definition) is 1. The molecule has 38 heavy (non-hydrogen) atoms. The molecule has 0 radical (unpaired) electrons. The molecule has 0 aromatic heterocycles. The summed E-state index contributed by atoms with van der Waals surface area (Å²) >= 11 is 0. The first-order valence-electron chi connectivity index (χ1n) is 11.9. The molecule has 7 heteroatoms. The third kappa shape index (κ3) is 9.14. The molecule has 0 saturated heterocycles. The van der Waals surface area contributed by atoms with Gasteiger partial charge in [-0.25, -0.2) is 0 Å². The summed E-state index contributed by atoms with van der Waals surface area (Å²) in [6.07, 6.45) is 0. The van der Waals surface area contributed by atoms with Gasteiger partial charge in [-0.1, -0.05) is 60.7 Å². The van der Waals surface area contributed by atoms with E-state index < -0.39 is 0 Å². The normalized spacial score (nSPS) is 9.66. The highest BCUT2D eigenvalue weighted by Crippen LogP contribution is 2.27. The van der Waals surface area contributed by atoms with Crippen LogP contribution in [0.25, 0.3) is 0 Å². The Bertz CT molecular complexity index is 1260. The minimum atomic E-state index is 0.00363. The standard InChI is InChI=1S/C16H15NO2.C15H14N2O2/c1-13-11-15(18-10-9-17)7-8-16(13)19-12-14-5-3-2-4-6-14;16-8-9-18-13-6-7-15(14(17)10-13)19-11-12-4-2-1-3-5-12/h2-8,11H,10,12H2,1H3;1-7,10H,9,11,17H2. The third-order valence-corrected chi connectivity index (χ3v) is 5.21. The molecule has 0 aliphatic heterocycles. The van der Waals surface area contributed by atoms with Crippen molar-refractivity contribution in [1.29, 1.82) is 10.5 Å². The lowest BCUT2D eigenvalue weighted by atomic mass is 10.2. The second kappa shape index (κ2) is 15.1. The smallest absolute Gasteiger partial charge is 0.174 e. The number of ether oxygens (including phenoxy) is 4. The molecule has 4 rings (SSSR count). The lowest BCUT2D eigenvalue weighted by Gasteiger charge is -2.10. The maximum Gasteiger partial charge on any atom is 0.174 e. The average molecular weight is 508 g/mol. The van der Waals surface area contributed by atoms with Crippen LogP contribution in [0.15, 0.2) is 97.1 Å². The Balaban J connectivity index is 0.000000211. The fourth-order valence-corrected chi connectivity index (χ4v) is 3.32. The van der Waals surface area contributed by atoms with Gasteiger partial charge in [0, 0.05) is 6.07 Å². The van der Waals surface area contributed by atoms with Crippen molar-refractivity contribution in [3.8, 4) is 35.1 Å². The van der Waals surface area contributed by atoms with Gasteiger partial charge in [-0.2, -0.15) is 10.5 Å². The number of aryl methyl sites for hydroxylation is 1. The number of rotatable bonds is 10. The van der Waals surface area contributed by atoms with Crippen LogP contribution in [0.2, 0.25) is 0 Å². The van der Waals surface area contributed by atoms with Crippen molar-refractivity contribution in [2.24, 2.45) is 0 Å². The van der Waals surface area contributed by atoms with Gasteiger partial charge in [-0.15, -0.1) is 0 Å². The molecule has 0 fully saturated rings. The molecular formula is C31H29N3O4. The van der Waals surface area contributed by atoms with Crippen molar-refractivity contribution in [3.05, 3.63) is 114 Å². The van der Waals surface area contributed by atoms with Crippen LogP contribution in [0.3, 0.4) is 0 Å². The highest BCUT2D eigenvalue weighted by molar-refractivity contribution is 5.56. The van der Waals surface area contributed by atoms with Gasteiger partial charge in [-0.05, 0) is 53.9 Å². The predicted molar refractivity (Wildman–Crippen MR) is 146 cm³/mol. The lowest BCUT2D eigenvalue weighted by molar-refractivity contribution is 0.302. The van der Waals surface area contributed by atoms with E-state index in [0.717, 1.165) is 22.4 Å². The summed E-state index contributed by atoms with van der Waals surface area (Å²) in [5, 5.41) is 16.9. The average Bonchev–Trinajstić information content (AvgIpc) is 2.95. The van der Waals surface area contributed by atoms with E-state index in [1.807, 2.05) is 97.9 Å². The van der Waals surface area contributed by atoms with Crippen LogP contribution in [0, 0.1) is 29.6 Å². The molecular weight excluding hydrogens is 478 g/mol. The summed E-state index contributed by atoms with van der Waals surface area (Å²) in [5.74, 6) is 2.68. The number of nitriles is 2. The van der Waals surface area contributed by atoms with Crippen LogP contribution in [-0.4, -0.2) is 13.2 Å². The lowest BCUT2D eigenvalue weighted by Crippen LogP contribution is -2.00. The van der Waals surface area contributed by atoms with Crippen molar-refractivity contribution in [2.45, 2.75) is 20.1 Å². The molecule has 4 aromatic carbocycles. The summed E-state index contributed by atoms with van der Waals surface area (Å²) in [7, 11) is 0. The molecule has 192 valence electrons. The number of nitrogens with two attached hydrogens (primary N) is 1. The molecule has 4 aromatic rings. The van der Waals surface area contributed by atoms with Crippen LogP contribution < -0.4 is 24.7 Å². The maximum atomic E-state index is 8.46. The van der Waals surface area contributed by atoms with Crippen molar-refractivity contribution < 1.29 is 18.9 Å². The minimum Gasteiger partial charge on any atom is -0.489 e. The third-order valence-electron chi connectivity index (χ3n) is 5.21. The van der Waals surface area contributed by atoms with Crippen LogP contribution >= 0.6 is 0 Å². The van der Waals surface area contributed by atoms with E-state index in [4.69, 9.17) is 35.2 Å². The van der Waals surface area contributed by atoms with Gasteiger partial charge in [0.25, 0.3) is 0 Å². The Labute approximate surface area is 223 Å². The summed E-state index contributed by atoms with van der Waals surface area (Å²) in [6, 6.07) is 34.4. The number of nitrogens with zero attached hydrogens (tertiary/aromatic N) is 2. The Morgan fingerprint density at radius 3 is 1.55 bits per heavy atom. The maximum absolute atomic E-state index is 8.46.